The van der Waals surface area contributed by atoms with E-state index in [2.05, 4.69) is 10.2 Å². The first kappa shape index (κ1) is 18.9. The molecule has 1 fully saturated rings. The zero-order chi connectivity index (χ0) is 20.3. The number of fused-ring (bicyclic) bond motifs is 5. The van der Waals surface area contributed by atoms with Crippen molar-refractivity contribution in [2.24, 2.45) is 5.41 Å². The average Bonchev–Trinajstić information content (AvgIpc) is 3.00. The molecule has 0 saturated heterocycles. The third-order valence-corrected chi connectivity index (χ3v) is 6.49. The van der Waals surface area contributed by atoms with Crippen LogP contribution in [0.3, 0.4) is 0 Å². The van der Waals surface area contributed by atoms with Crippen molar-refractivity contribution in [2.45, 2.75) is 57.7 Å². The highest BCUT2D eigenvalue weighted by molar-refractivity contribution is 5.72. The second-order valence-electron chi connectivity index (χ2n) is 8.12. The van der Waals surface area contributed by atoms with Crippen molar-refractivity contribution in [2.75, 3.05) is 0 Å². The van der Waals surface area contributed by atoms with Crippen LogP contribution in [0.5, 0.6) is 0 Å². The fourth-order valence-corrected chi connectivity index (χ4v) is 4.95. The SMILES string of the molecule is CCC(O[C@@]12CC[C@@H](c3cc(-c4c(F)cccc4F)nnc31)C2(C)C)C(=O)O. The van der Waals surface area contributed by atoms with Gasteiger partial charge in [-0.05, 0) is 48.9 Å². The van der Waals surface area contributed by atoms with Crippen LogP contribution in [-0.2, 0) is 15.1 Å². The molecule has 1 aromatic carbocycles. The number of carboxylic acid groups (broad SMARTS) is 1. The highest BCUT2D eigenvalue weighted by Gasteiger charge is 2.65. The van der Waals surface area contributed by atoms with Crippen LogP contribution in [0.4, 0.5) is 8.78 Å². The van der Waals surface area contributed by atoms with E-state index in [0.717, 1.165) is 12.0 Å². The third-order valence-electron chi connectivity index (χ3n) is 6.49. The molecule has 2 bridgehead atoms. The van der Waals surface area contributed by atoms with Crippen LogP contribution < -0.4 is 0 Å². The molecule has 3 atom stereocenters. The van der Waals surface area contributed by atoms with E-state index >= 15 is 0 Å². The number of benzene rings is 1. The second-order valence-corrected chi connectivity index (χ2v) is 8.12. The molecule has 5 nitrogen and oxygen atoms in total. The summed E-state index contributed by atoms with van der Waals surface area (Å²) in [5.74, 6) is -2.35. The molecular weight excluding hydrogens is 366 g/mol. The summed E-state index contributed by atoms with van der Waals surface area (Å²) in [5.41, 5.74) is 0.0894. The fraction of sp³-hybridized carbons (Fsp3) is 0.476. The number of aromatic nitrogens is 2. The normalized spacial score (nSPS) is 25.5. The Morgan fingerprint density at radius 1 is 1.32 bits per heavy atom. The van der Waals surface area contributed by atoms with Gasteiger partial charge in [0, 0.05) is 5.41 Å². The number of hydrogen-bond acceptors (Lipinski definition) is 4. The maximum absolute atomic E-state index is 14.2. The van der Waals surface area contributed by atoms with Crippen LogP contribution in [0.1, 0.15) is 57.2 Å². The molecule has 0 amide bonds. The first-order valence-corrected chi connectivity index (χ1v) is 9.46. The molecule has 2 aliphatic carbocycles. The molecule has 1 saturated carbocycles. The van der Waals surface area contributed by atoms with Gasteiger partial charge in [0.15, 0.2) is 6.10 Å². The Hall–Kier alpha value is -2.41. The van der Waals surface area contributed by atoms with Crippen LogP contribution in [-0.4, -0.2) is 27.4 Å². The minimum absolute atomic E-state index is 0.0536. The standard InChI is InChI=1S/C21H22F2N2O3/c1-4-16(19(26)27)28-21-9-8-12(20(21,2)3)11-10-15(24-25-18(11)21)17-13(22)6-5-7-14(17)23/h5-7,10,12,16H,4,8-9H2,1-3H3,(H,26,27)/t12-,16?,21-/m0/s1. The van der Waals surface area contributed by atoms with Crippen LogP contribution in [0.2, 0.25) is 0 Å². The summed E-state index contributed by atoms with van der Waals surface area (Å²) in [5, 5.41) is 17.9. The van der Waals surface area contributed by atoms with Crippen molar-refractivity contribution >= 4 is 5.97 Å². The van der Waals surface area contributed by atoms with Gasteiger partial charge in [-0.15, -0.1) is 5.10 Å². The summed E-state index contributed by atoms with van der Waals surface area (Å²) >= 11 is 0. The second kappa shape index (κ2) is 6.30. The molecule has 2 aromatic rings. The van der Waals surface area contributed by atoms with Crippen LogP contribution in [0, 0.1) is 17.0 Å². The van der Waals surface area contributed by atoms with Gasteiger partial charge in [-0.2, -0.15) is 5.10 Å². The van der Waals surface area contributed by atoms with E-state index in [1.54, 1.807) is 13.0 Å². The van der Waals surface area contributed by atoms with Gasteiger partial charge in [-0.3, -0.25) is 0 Å². The van der Waals surface area contributed by atoms with Gasteiger partial charge in [0.2, 0.25) is 0 Å². The lowest BCUT2D eigenvalue weighted by Gasteiger charge is -2.39. The minimum atomic E-state index is -1.01. The molecule has 28 heavy (non-hydrogen) atoms. The maximum atomic E-state index is 14.2. The Bertz CT molecular complexity index is 942. The van der Waals surface area contributed by atoms with E-state index in [9.17, 15) is 18.7 Å². The third kappa shape index (κ3) is 2.42. The monoisotopic (exact) mass is 388 g/mol. The Labute approximate surface area is 161 Å². The molecule has 2 aliphatic rings. The molecule has 1 unspecified atom stereocenters. The summed E-state index contributed by atoms with van der Waals surface area (Å²) in [6.07, 6.45) is 0.818. The van der Waals surface area contributed by atoms with Crippen molar-refractivity contribution in [1.29, 1.82) is 0 Å². The van der Waals surface area contributed by atoms with E-state index in [-0.39, 0.29) is 17.2 Å². The average molecular weight is 388 g/mol. The molecule has 1 aromatic heterocycles. The van der Waals surface area contributed by atoms with Gasteiger partial charge < -0.3 is 9.84 Å². The van der Waals surface area contributed by atoms with Crippen LogP contribution >= 0.6 is 0 Å². The zero-order valence-corrected chi connectivity index (χ0v) is 16.0. The van der Waals surface area contributed by atoms with Crippen molar-refractivity contribution in [3.8, 4) is 11.3 Å². The lowest BCUT2D eigenvalue weighted by Crippen LogP contribution is -2.43. The molecule has 1 heterocycles. The lowest BCUT2D eigenvalue weighted by molar-refractivity contribution is -0.181. The van der Waals surface area contributed by atoms with E-state index in [1.807, 2.05) is 13.8 Å². The Morgan fingerprint density at radius 3 is 2.61 bits per heavy atom. The molecule has 0 spiro atoms. The summed E-state index contributed by atoms with van der Waals surface area (Å²) in [7, 11) is 0. The largest absolute Gasteiger partial charge is 0.479 e. The molecule has 4 rings (SSSR count). The Balaban J connectivity index is 1.84. The Kier molecular flexibility index (Phi) is 4.26. The number of ether oxygens (including phenoxy) is 1. The van der Waals surface area contributed by atoms with Gasteiger partial charge in [0.25, 0.3) is 0 Å². The quantitative estimate of drug-likeness (QED) is 0.821. The Morgan fingerprint density at radius 2 is 2.00 bits per heavy atom. The van der Waals surface area contributed by atoms with Crippen LogP contribution in [0.25, 0.3) is 11.3 Å². The van der Waals surface area contributed by atoms with Crippen molar-refractivity contribution < 1.29 is 23.4 Å². The predicted molar refractivity (Wildman–Crippen MR) is 97.6 cm³/mol. The van der Waals surface area contributed by atoms with E-state index in [1.165, 1.54) is 18.2 Å². The summed E-state index contributed by atoms with van der Waals surface area (Å²) in [6, 6.07) is 5.36. The molecule has 7 heteroatoms. The highest BCUT2D eigenvalue weighted by Crippen LogP contribution is 2.68. The first-order chi connectivity index (χ1) is 13.2. The zero-order valence-electron chi connectivity index (χ0n) is 16.0. The van der Waals surface area contributed by atoms with Gasteiger partial charge in [-0.25, -0.2) is 13.6 Å². The smallest absolute Gasteiger partial charge is 0.332 e. The van der Waals surface area contributed by atoms with E-state index in [0.29, 0.717) is 18.5 Å². The van der Waals surface area contributed by atoms with Crippen molar-refractivity contribution in [3.05, 3.63) is 47.2 Å². The van der Waals surface area contributed by atoms with E-state index < -0.39 is 34.7 Å². The fourth-order valence-electron chi connectivity index (χ4n) is 4.95. The molecule has 1 N–H and O–H groups in total. The van der Waals surface area contributed by atoms with Gasteiger partial charge >= 0.3 is 5.97 Å². The molecule has 0 radical (unpaired) electrons. The van der Waals surface area contributed by atoms with E-state index in [4.69, 9.17) is 4.74 Å². The van der Waals surface area contributed by atoms with Gasteiger partial charge in [0.05, 0.1) is 17.0 Å². The number of carbonyl (C=O) groups is 1. The number of aliphatic carboxylic acids is 1. The number of nitrogens with zero attached hydrogens (tertiary/aromatic N) is 2. The first-order valence-electron chi connectivity index (χ1n) is 9.46. The number of rotatable bonds is 5. The van der Waals surface area contributed by atoms with Gasteiger partial charge in [-0.1, -0.05) is 26.8 Å². The molecule has 0 aliphatic heterocycles. The summed E-state index contributed by atoms with van der Waals surface area (Å²) in [4.78, 5) is 11.6. The van der Waals surface area contributed by atoms with Crippen LogP contribution in [0.15, 0.2) is 24.3 Å². The number of carboxylic acids is 1. The highest BCUT2D eigenvalue weighted by atomic mass is 19.1. The maximum Gasteiger partial charge on any atom is 0.332 e. The predicted octanol–water partition coefficient (Wildman–Crippen LogP) is 4.41. The lowest BCUT2D eigenvalue weighted by atomic mass is 9.77. The number of hydrogen-bond donors (Lipinski definition) is 1. The molecule has 148 valence electrons. The van der Waals surface area contributed by atoms with Crippen molar-refractivity contribution in [1.82, 2.24) is 10.2 Å². The topological polar surface area (TPSA) is 72.3 Å². The minimum Gasteiger partial charge on any atom is -0.479 e. The van der Waals surface area contributed by atoms with Gasteiger partial charge in [0.1, 0.15) is 17.2 Å². The summed E-state index contributed by atoms with van der Waals surface area (Å²) in [6.45, 7) is 5.83. The summed E-state index contributed by atoms with van der Waals surface area (Å²) < 4.78 is 34.6. The molecular formula is C21H22F2N2O3. The number of halogens is 2. The van der Waals surface area contributed by atoms with Crippen molar-refractivity contribution in [3.63, 3.8) is 0 Å².